The summed E-state index contributed by atoms with van der Waals surface area (Å²) in [4.78, 5) is 11.7. The molecule has 0 radical (unpaired) electrons. The van der Waals surface area contributed by atoms with E-state index in [2.05, 4.69) is 12.3 Å². The van der Waals surface area contributed by atoms with Crippen LogP contribution in [0.5, 0.6) is 0 Å². The summed E-state index contributed by atoms with van der Waals surface area (Å²) in [5.74, 6) is -0.362. The van der Waals surface area contributed by atoms with Gasteiger partial charge in [-0.1, -0.05) is 88.3 Å². The van der Waals surface area contributed by atoms with E-state index in [-0.39, 0.29) is 24.4 Å². The van der Waals surface area contributed by atoms with Crippen molar-refractivity contribution in [1.29, 1.82) is 0 Å². The van der Waals surface area contributed by atoms with Crippen molar-refractivity contribution < 1.29 is 18.0 Å². The topological polar surface area (TPSA) is 32.3 Å². The number of aryl methyl sites for hydroxylation is 1. The van der Waals surface area contributed by atoms with Crippen LogP contribution in [-0.2, 0) is 11.2 Å². The summed E-state index contributed by atoms with van der Waals surface area (Å²) in [5.41, 5.74) is 3.44. The summed E-state index contributed by atoms with van der Waals surface area (Å²) in [7, 11) is 0. The maximum Gasteiger partial charge on any atom is 0.409 e. The second kappa shape index (κ2) is 11.0. The Hall–Kier alpha value is -2.08. The normalized spacial score (nSPS) is 16.1. The van der Waals surface area contributed by atoms with Crippen LogP contribution in [0.4, 0.5) is 13.2 Å². The lowest BCUT2D eigenvalue weighted by atomic mass is 9.90. The molecular weight excluding hydrogens is 401 g/mol. The Balaban J connectivity index is 1.81. The van der Waals surface area contributed by atoms with Crippen molar-refractivity contribution in [1.82, 2.24) is 10.4 Å². The molecule has 0 aliphatic carbocycles. The number of carbonyl (C=O) groups is 1. The summed E-state index contributed by atoms with van der Waals surface area (Å²) in [5, 5.41) is 2.47. The van der Waals surface area contributed by atoms with Crippen molar-refractivity contribution in [2.75, 3.05) is 6.54 Å². The van der Waals surface area contributed by atoms with Gasteiger partial charge >= 0.3 is 6.18 Å². The molecule has 1 aliphatic rings. The van der Waals surface area contributed by atoms with Gasteiger partial charge in [-0.3, -0.25) is 10.2 Å². The first kappa shape index (κ1) is 23.6. The number of hydrazine groups is 1. The fourth-order valence-electron chi connectivity index (χ4n) is 4.51. The third-order valence-electron chi connectivity index (χ3n) is 6.10. The van der Waals surface area contributed by atoms with E-state index in [9.17, 15) is 18.0 Å². The van der Waals surface area contributed by atoms with Gasteiger partial charge in [0.25, 0.3) is 0 Å². The maximum atomic E-state index is 14.3. The maximum absolute atomic E-state index is 14.3. The van der Waals surface area contributed by atoms with Crippen LogP contribution in [0.2, 0.25) is 0 Å². The number of carbonyl (C=O) groups excluding carboxylic acids is 1. The standard InChI is InChI=1S/C25H33F3N2O/c1-2-3-4-5-6-7-8-9-13-20-16-15-19-12-10-11-14-21(19)23(20)24(25(26,27)28)30-18-17-22(31)29-30/h10-12,14-16,24H,2-9,13,17-18H2,1H3,(H,29,31). The van der Waals surface area contributed by atoms with Gasteiger partial charge in [-0.05, 0) is 34.7 Å². The van der Waals surface area contributed by atoms with Gasteiger partial charge in [0.2, 0.25) is 5.91 Å². The highest BCUT2D eigenvalue weighted by atomic mass is 19.4. The number of amides is 1. The molecule has 31 heavy (non-hydrogen) atoms. The number of unbranched alkanes of at least 4 members (excludes halogenated alkanes) is 7. The number of nitrogens with one attached hydrogen (secondary N) is 1. The van der Waals surface area contributed by atoms with Crippen LogP contribution in [-0.4, -0.2) is 23.6 Å². The van der Waals surface area contributed by atoms with Crippen LogP contribution in [0.1, 0.15) is 81.9 Å². The first-order valence-electron chi connectivity index (χ1n) is 11.5. The molecule has 6 heteroatoms. The van der Waals surface area contributed by atoms with Gasteiger partial charge in [-0.2, -0.15) is 13.2 Å². The quantitative estimate of drug-likeness (QED) is 0.392. The molecule has 0 spiro atoms. The third-order valence-corrected chi connectivity index (χ3v) is 6.10. The Morgan fingerprint density at radius 1 is 0.968 bits per heavy atom. The van der Waals surface area contributed by atoms with E-state index in [0.29, 0.717) is 11.8 Å². The fourth-order valence-corrected chi connectivity index (χ4v) is 4.51. The Bertz CT molecular complexity index is 865. The van der Waals surface area contributed by atoms with Crippen molar-refractivity contribution in [3.63, 3.8) is 0 Å². The molecule has 0 bridgehead atoms. The molecule has 1 N–H and O–H groups in total. The Morgan fingerprint density at radius 3 is 2.29 bits per heavy atom. The molecule has 1 saturated heterocycles. The van der Waals surface area contributed by atoms with Gasteiger partial charge in [0.1, 0.15) is 0 Å². The number of benzene rings is 2. The predicted octanol–water partition coefficient (Wildman–Crippen LogP) is 6.86. The largest absolute Gasteiger partial charge is 0.409 e. The molecule has 3 nitrogen and oxygen atoms in total. The minimum absolute atomic E-state index is 0.0590. The molecule has 2 aromatic carbocycles. The minimum Gasteiger partial charge on any atom is -0.288 e. The fraction of sp³-hybridized carbons (Fsp3) is 0.560. The Kier molecular flexibility index (Phi) is 8.35. The van der Waals surface area contributed by atoms with Crippen molar-refractivity contribution in [3.8, 4) is 0 Å². The summed E-state index contributed by atoms with van der Waals surface area (Å²) in [6, 6.07) is 9.14. The third kappa shape index (κ3) is 6.22. The first-order valence-corrected chi connectivity index (χ1v) is 11.5. The lowest BCUT2D eigenvalue weighted by Crippen LogP contribution is -2.44. The number of rotatable bonds is 11. The van der Waals surface area contributed by atoms with E-state index in [4.69, 9.17) is 0 Å². The lowest BCUT2D eigenvalue weighted by molar-refractivity contribution is -0.190. The van der Waals surface area contributed by atoms with Crippen molar-refractivity contribution in [2.24, 2.45) is 0 Å². The average molecular weight is 435 g/mol. The summed E-state index contributed by atoms with van der Waals surface area (Å²) in [6.07, 6.45) is 5.41. The smallest absolute Gasteiger partial charge is 0.288 e. The van der Waals surface area contributed by atoms with Crippen LogP contribution in [0.15, 0.2) is 36.4 Å². The van der Waals surface area contributed by atoms with Crippen LogP contribution in [0.3, 0.4) is 0 Å². The number of halogens is 3. The predicted molar refractivity (Wildman–Crippen MR) is 119 cm³/mol. The van der Waals surface area contributed by atoms with Crippen LogP contribution in [0.25, 0.3) is 10.8 Å². The number of hydrogen-bond donors (Lipinski definition) is 1. The molecule has 1 aliphatic heterocycles. The van der Waals surface area contributed by atoms with E-state index in [1.807, 2.05) is 24.3 Å². The number of alkyl halides is 3. The van der Waals surface area contributed by atoms with E-state index < -0.39 is 12.2 Å². The van der Waals surface area contributed by atoms with E-state index in [0.717, 1.165) is 35.2 Å². The zero-order valence-corrected chi connectivity index (χ0v) is 18.3. The van der Waals surface area contributed by atoms with Gasteiger partial charge in [0.05, 0.1) is 0 Å². The van der Waals surface area contributed by atoms with Crippen molar-refractivity contribution >= 4 is 16.7 Å². The average Bonchev–Trinajstić information content (AvgIpc) is 3.15. The Morgan fingerprint density at radius 2 is 1.65 bits per heavy atom. The summed E-state index contributed by atoms with van der Waals surface area (Å²) < 4.78 is 42.9. The van der Waals surface area contributed by atoms with Crippen molar-refractivity contribution in [2.45, 2.75) is 83.4 Å². The number of hydrogen-bond acceptors (Lipinski definition) is 2. The molecular formula is C25H33F3N2O. The van der Waals surface area contributed by atoms with E-state index in [1.165, 1.54) is 32.1 Å². The monoisotopic (exact) mass is 434 g/mol. The molecule has 1 heterocycles. The molecule has 170 valence electrons. The van der Waals surface area contributed by atoms with Crippen molar-refractivity contribution in [3.05, 3.63) is 47.5 Å². The highest BCUT2D eigenvalue weighted by molar-refractivity contribution is 5.87. The highest BCUT2D eigenvalue weighted by Gasteiger charge is 2.48. The summed E-state index contributed by atoms with van der Waals surface area (Å²) in [6.45, 7) is 2.26. The van der Waals surface area contributed by atoms with Gasteiger partial charge in [-0.15, -0.1) is 0 Å². The molecule has 0 saturated carbocycles. The van der Waals surface area contributed by atoms with Gasteiger partial charge in [-0.25, -0.2) is 5.01 Å². The molecule has 1 amide bonds. The molecule has 3 rings (SSSR count). The summed E-state index contributed by atoms with van der Waals surface area (Å²) >= 11 is 0. The van der Waals surface area contributed by atoms with Gasteiger partial charge in [0.15, 0.2) is 6.04 Å². The van der Waals surface area contributed by atoms with Gasteiger partial charge in [0, 0.05) is 13.0 Å². The second-order valence-electron chi connectivity index (χ2n) is 8.51. The molecule has 1 fully saturated rings. The van der Waals surface area contributed by atoms with E-state index in [1.54, 1.807) is 12.1 Å². The molecule has 0 aromatic heterocycles. The highest BCUT2D eigenvalue weighted by Crippen LogP contribution is 2.42. The van der Waals surface area contributed by atoms with Crippen LogP contribution in [0, 0.1) is 0 Å². The van der Waals surface area contributed by atoms with Crippen LogP contribution >= 0.6 is 0 Å². The first-order chi connectivity index (χ1) is 14.9. The zero-order valence-electron chi connectivity index (χ0n) is 18.3. The zero-order chi connectivity index (χ0) is 22.3. The SMILES string of the molecule is CCCCCCCCCCc1ccc2ccccc2c1C(N1CCC(=O)N1)C(F)(F)F. The van der Waals surface area contributed by atoms with E-state index >= 15 is 0 Å². The second-order valence-corrected chi connectivity index (χ2v) is 8.51. The molecule has 1 atom stereocenters. The van der Waals surface area contributed by atoms with Crippen LogP contribution < -0.4 is 5.43 Å². The minimum atomic E-state index is -4.49. The molecule has 1 unspecified atom stereocenters. The Labute approximate surface area is 183 Å². The number of nitrogens with zero attached hydrogens (tertiary/aromatic N) is 1. The lowest BCUT2D eigenvalue weighted by Gasteiger charge is -2.32. The van der Waals surface area contributed by atoms with Gasteiger partial charge < -0.3 is 0 Å². The number of fused-ring (bicyclic) bond motifs is 1. The molecule has 2 aromatic rings.